The summed E-state index contributed by atoms with van der Waals surface area (Å²) < 4.78 is 1.75. The van der Waals surface area contributed by atoms with Crippen LogP contribution < -0.4 is 10.6 Å². The molecule has 2 N–H and O–H groups in total. The maximum absolute atomic E-state index is 13.2. The van der Waals surface area contributed by atoms with E-state index in [2.05, 4.69) is 38.7 Å². The largest absolute Gasteiger partial charge is 0.315 e. The minimum absolute atomic E-state index is 0.0926. The van der Waals surface area contributed by atoms with Crippen molar-refractivity contribution < 1.29 is 4.79 Å². The molecule has 1 aromatic carbocycles. The quantitative estimate of drug-likeness (QED) is 0.394. The monoisotopic (exact) mass is 454 g/mol. The van der Waals surface area contributed by atoms with Crippen LogP contribution in [0.3, 0.4) is 0 Å². The summed E-state index contributed by atoms with van der Waals surface area (Å²) in [6, 6.07) is 17.7. The number of benzene rings is 1. The molecular weight excluding hydrogens is 424 g/mol. The van der Waals surface area contributed by atoms with Crippen molar-refractivity contribution in [2.24, 2.45) is 7.05 Å². The number of rotatable bonds is 9. The van der Waals surface area contributed by atoms with Crippen molar-refractivity contribution in [2.45, 2.75) is 25.7 Å². The van der Waals surface area contributed by atoms with Crippen LogP contribution in [0.1, 0.15) is 35.6 Å². The molecule has 0 spiro atoms. The number of aryl methyl sites for hydroxylation is 2. The highest BCUT2D eigenvalue weighted by molar-refractivity contribution is 5.95. The molecule has 4 aromatic rings. The normalized spacial score (nSPS) is 12.8. The molecule has 34 heavy (non-hydrogen) atoms. The Morgan fingerprint density at radius 1 is 0.912 bits per heavy atom. The van der Waals surface area contributed by atoms with E-state index in [0.717, 1.165) is 28.9 Å². The first-order chi connectivity index (χ1) is 16.5. The van der Waals surface area contributed by atoms with E-state index in [1.54, 1.807) is 17.1 Å². The molecule has 1 unspecified atom stereocenters. The molecule has 3 aromatic heterocycles. The van der Waals surface area contributed by atoms with Crippen LogP contribution in [-0.2, 0) is 11.8 Å². The molecule has 0 radical (unpaired) electrons. The molecule has 0 aliphatic rings. The molecule has 0 bridgehead atoms. The van der Waals surface area contributed by atoms with Gasteiger partial charge in [0.1, 0.15) is 5.82 Å². The number of nitrogens with zero attached hydrogens (tertiary/aromatic N) is 4. The molecule has 174 valence electrons. The number of hydrogen-bond acceptors (Lipinski definition) is 5. The number of amides is 1. The van der Waals surface area contributed by atoms with Crippen LogP contribution in [0.25, 0.3) is 11.1 Å². The Morgan fingerprint density at radius 3 is 2.38 bits per heavy atom. The molecule has 1 amide bonds. The first-order valence-electron chi connectivity index (χ1n) is 11.4. The summed E-state index contributed by atoms with van der Waals surface area (Å²) >= 11 is 0. The van der Waals surface area contributed by atoms with Gasteiger partial charge >= 0.3 is 0 Å². The Labute approximate surface area is 200 Å². The Balaban J connectivity index is 1.41. The first kappa shape index (κ1) is 23.3. The third-order valence-corrected chi connectivity index (χ3v) is 5.87. The van der Waals surface area contributed by atoms with Gasteiger partial charge in [0.2, 0.25) is 5.91 Å². The van der Waals surface area contributed by atoms with E-state index >= 15 is 0 Å². The summed E-state index contributed by atoms with van der Waals surface area (Å²) in [4.78, 5) is 22.1. The molecule has 7 nitrogen and oxygen atoms in total. The minimum atomic E-state index is -0.343. The van der Waals surface area contributed by atoms with E-state index in [-0.39, 0.29) is 17.7 Å². The summed E-state index contributed by atoms with van der Waals surface area (Å²) in [5.41, 5.74) is 5.08. The Kier molecular flexibility index (Phi) is 7.44. The zero-order chi connectivity index (χ0) is 23.9. The van der Waals surface area contributed by atoms with E-state index in [4.69, 9.17) is 0 Å². The van der Waals surface area contributed by atoms with E-state index < -0.39 is 0 Å². The number of anilines is 1. The van der Waals surface area contributed by atoms with E-state index in [1.807, 2.05) is 74.9 Å². The van der Waals surface area contributed by atoms with Crippen molar-refractivity contribution in [1.29, 1.82) is 0 Å². The van der Waals surface area contributed by atoms with E-state index in [9.17, 15) is 4.79 Å². The molecule has 3 heterocycles. The van der Waals surface area contributed by atoms with Crippen molar-refractivity contribution in [3.63, 3.8) is 0 Å². The minimum Gasteiger partial charge on any atom is -0.315 e. The van der Waals surface area contributed by atoms with Crippen molar-refractivity contribution >= 4 is 11.7 Å². The molecule has 0 saturated heterocycles. The van der Waals surface area contributed by atoms with Crippen LogP contribution >= 0.6 is 0 Å². The molecular formula is C27H30N6O. The van der Waals surface area contributed by atoms with E-state index in [0.29, 0.717) is 12.4 Å². The van der Waals surface area contributed by atoms with Crippen LogP contribution in [0.5, 0.6) is 0 Å². The fourth-order valence-electron chi connectivity index (χ4n) is 3.80. The highest BCUT2D eigenvalue weighted by atomic mass is 16.2. The number of pyridine rings is 2. The molecule has 7 heteroatoms. The average molecular weight is 455 g/mol. The first-order valence-corrected chi connectivity index (χ1v) is 11.4. The van der Waals surface area contributed by atoms with Crippen LogP contribution in [0, 0.1) is 6.92 Å². The lowest BCUT2D eigenvalue weighted by Crippen LogP contribution is -2.32. The second-order valence-corrected chi connectivity index (χ2v) is 8.58. The third kappa shape index (κ3) is 5.94. The predicted octanol–water partition coefficient (Wildman–Crippen LogP) is 4.30. The average Bonchev–Trinajstić information content (AvgIpc) is 3.29. The Bertz CT molecular complexity index is 1200. The molecule has 0 saturated carbocycles. The summed E-state index contributed by atoms with van der Waals surface area (Å²) in [5.74, 6) is 0.376. The highest BCUT2D eigenvalue weighted by Crippen LogP contribution is 2.21. The van der Waals surface area contributed by atoms with Crippen molar-refractivity contribution in [3.05, 3.63) is 96.2 Å². The maximum Gasteiger partial charge on any atom is 0.234 e. The third-order valence-electron chi connectivity index (χ3n) is 5.87. The number of carbonyl (C=O) groups is 1. The zero-order valence-corrected chi connectivity index (χ0v) is 19.8. The van der Waals surface area contributed by atoms with Gasteiger partial charge in [-0.1, -0.05) is 43.3 Å². The van der Waals surface area contributed by atoms with Gasteiger partial charge in [-0.05, 0) is 42.2 Å². The lowest BCUT2D eigenvalue weighted by Gasteiger charge is -2.20. The second-order valence-electron chi connectivity index (χ2n) is 8.58. The lowest BCUT2D eigenvalue weighted by atomic mass is 9.97. The van der Waals surface area contributed by atoms with Gasteiger partial charge in [0.15, 0.2) is 0 Å². The highest BCUT2D eigenvalue weighted by Gasteiger charge is 2.21. The standard InChI is InChI=1S/C27H30N6O/c1-19(22-10-9-20(2)29-14-22)13-28-17-25(21-7-5-4-6-8-21)27(34)32-26-12-11-23(15-30-26)24-16-31-33(3)18-24/h4-12,14-16,18-19,25,28H,13,17H2,1-3H3,(H,30,32,34)/t19-,25?/m1/s1. The SMILES string of the molecule is Cc1ccc([C@H](C)CNCC(C(=O)Nc2ccc(-c3cnn(C)c3)cn2)c2ccccc2)cn1. The lowest BCUT2D eigenvalue weighted by molar-refractivity contribution is -0.117. The van der Waals surface area contributed by atoms with Gasteiger partial charge in [0.25, 0.3) is 0 Å². The Hall–Kier alpha value is -3.84. The van der Waals surface area contributed by atoms with Crippen LogP contribution in [0.4, 0.5) is 5.82 Å². The number of carbonyl (C=O) groups excluding carboxylic acids is 1. The van der Waals surface area contributed by atoms with Gasteiger partial charge in [-0.2, -0.15) is 5.10 Å². The van der Waals surface area contributed by atoms with Crippen LogP contribution in [-0.4, -0.2) is 38.7 Å². The van der Waals surface area contributed by atoms with Crippen molar-refractivity contribution in [1.82, 2.24) is 25.1 Å². The topological polar surface area (TPSA) is 84.7 Å². The van der Waals surface area contributed by atoms with Crippen molar-refractivity contribution in [3.8, 4) is 11.1 Å². The number of hydrogen-bond donors (Lipinski definition) is 2. The molecule has 0 fully saturated rings. The second kappa shape index (κ2) is 10.9. The molecule has 4 rings (SSSR count). The van der Waals surface area contributed by atoms with Gasteiger partial charge in [0.05, 0.1) is 12.1 Å². The van der Waals surface area contributed by atoms with Gasteiger partial charge < -0.3 is 10.6 Å². The number of nitrogens with one attached hydrogen (secondary N) is 2. The van der Waals surface area contributed by atoms with E-state index in [1.165, 1.54) is 5.56 Å². The predicted molar refractivity (Wildman–Crippen MR) is 135 cm³/mol. The molecule has 2 atom stereocenters. The molecule has 0 aliphatic heterocycles. The maximum atomic E-state index is 13.2. The van der Waals surface area contributed by atoms with Gasteiger partial charge in [0, 0.05) is 55.5 Å². The van der Waals surface area contributed by atoms with Crippen LogP contribution in [0.2, 0.25) is 0 Å². The fraction of sp³-hybridized carbons (Fsp3) is 0.259. The summed E-state index contributed by atoms with van der Waals surface area (Å²) in [6.45, 7) is 5.41. The van der Waals surface area contributed by atoms with Gasteiger partial charge in [-0.25, -0.2) is 4.98 Å². The number of aromatic nitrogens is 4. The Morgan fingerprint density at radius 2 is 1.74 bits per heavy atom. The van der Waals surface area contributed by atoms with Crippen LogP contribution in [0.15, 0.2) is 79.4 Å². The van der Waals surface area contributed by atoms with Gasteiger partial charge in [-0.3, -0.25) is 14.5 Å². The fourth-order valence-corrected chi connectivity index (χ4v) is 3.80. The summed E-state index contributed by atoms with van der Waals surface area (Å²) in [6.07, 6.45) is 7.39. The summed E-state index contributed by atoms with van der Waals surface area (Å²) in [7, 11) is 1.88. The zero-order valence-electron chi connectivity index (χ0n) is 19.8. The molecule has 0 aliphatic carbocycles. The van der Waals surface area contributed by atoms with Gasteiger partial charge in [-0.15, -0.1) is 0 Å². The smallest absolute Gasteiger partial charge is 0.234 e. The summed E-state index contributed by atoms with van der Waals surface area (Å²) in [5, 5.41) is 10.7. The van der Waals surface area contributed by atoms with Crippen molar-refractivity contribution in [2.75, 3.05) is 18.4 Å².